The lowest BCUT2D eigenvalue weighted by atomic mass is 10.1. The average Bonchev–Trinajstić information content (AvgIpc) is 2.86. The third-order valence-electron chi connectivity index (χ3n) is 3.97. The van der Waals surface area contributed by atoms with Crippen LogP contribution in [0.4, 0.5) is 0 Å². The minimum atomic E-state index is 0.115. The lowest BCUT2D eigenvalue weighted by molar-refractivity contribution is 0.299. The van der Waals surface area contributed by atoms with E-state index in [1.807, 2.05) is 35.8 Å². The van der Waals surface area contributed by atoms with Crippen molar-refractivity contribution < 1.29 is 5.11 Å². The number of aliphatic hydroxyl groups excluding tert-OH is 1. The van der Waals surface area contributed by atoms with E-state index in [2.05, 4.69) is 18.8 Å². The highest BCUT2D eigenvalue weighted by atomic mass is 35.5. The van der Waals surface area contributed by atoms with Gasteiger partial charge in [0.2, 0.25) is 0 Å². The average molecular weight is 330 g/mol. The zero-order valence-electron chi connectivity index (χ0n) is 13.6. The minimum absolute atomic E-state index is 0.115. The van der Waals surface area contributed by atoms with Crippen LogP contribution in [-0.4, -0.2) is 26.2 Å². The van der Waals surface area contributed by atoms with Crippen LogP contribution in [0.5, 0.6) is 0 Å². The summed E-state index contributed by atoms with van der Waals surface area (Å²) in [6, 6.07) is 7.92. The van der Waals surface area contributed by atoms with Crippen LogP contribution < -0.4 is 0 Å². The molecule has 2 aromatic heterocycles. The normalized spacial score (nSPS) is 11.3. The van der Waals surface area contributed by atoms with Gasteiger partial charge >= 0.3 is 0 Å². The largest absolute Gasteiger partial charge is 0.396 e. The van der Waals surface area contributed by atoms with E-state index in [-0.39, 0.29) is 6.61 Å². The van der Waals surface area contributed by atoms with E-state index in [9.17, 15) is 0 Å². The quantitative estimate of drug-likeness (QED) is 0.792. The van der Waals surface area contributed by atoms with E-state index in [0.717, 1.165) is 45.9 Å². The molecule has 2 heterocycles. The molecular formula is C18H20ClN3O. The molecule has 3 aromatic rings. The summed E-state index contributed by atoms with van der Waals surface area (Å²) in [6.45, 7) is 6.23. The van der Waals surface area contributed by atoms with Gasteiger partial charge in [-0.05, 0) is 49.6 Å². The van der Waals surface area contributed by atoms with Crippen molar-refractivity contribution in [2.75, 3.05) is 6.61 Å². The van der Waals surface area contributed by atoms with Crippen molar-refractivity contribution in [2.45, 2.75) is 33.6 Å². The summed E-state index contributed by atoms with van der Waals surface area (Å²) in [7, 11) is 0. The Hall–Kier alpha value is -1.91. The van der Waals surface area contributed by atoms with Gasteiger partial charge in [-0.1, -0.05) is 24.6 Å². The summed E-state index contributed by atoms with van der Waals surface area (Å²) in [6.07, 6.45) is 1.39. The number of benzene rings is 1. The Balaban J connectivity index is 2.26. The number of imidazole rings is 1. The first-order valence-corrected chi connectivity index (χ1v) is 8.18. The number of fused-ring (bicyclic) bond motifs is 1. The van der Waals surface area contributed by atoms with Gasteiger partial charge in [-0.3, -0.25) is 4.57 Å². The molecule has 0 aliphatic carbocycles. The first kappa shape index (κ1) is 16.0. The second-order valence-corrected chi connectivity index (χ2v) is 6.14. The van der Waals surface area contributed by atoms with E-state index in [1.54, 1.807) is 0 Å². The molecule has 0 aliphatic heterocycles. The van der Waals surface area contributed by atoms with Gasteiger partial charge in [-0.15, -0.1) is 0 Å². The predicted octanol–water partition coefficient (Wildman–Crippen LogP) is 3.79. The number of hydrogen-bond acceptors (Lipinski definition) is 3. The number of aliphatic hydroxyl groups is 1. The van der Waals surface area contributed by atoms with Crippen molar-refractivity contribution in [3.05, 3.63) is 51.9 Å². The maximum Gasteiger partial charge on any atom is 0.165 e. The number of nitrogens with zero attached hydrogens (tertiary/aromatic N) is 3. The lowest BCUT2D eigenvalue weighted by Gasteiger charge is -2.11. The van der Waals surface area contributed by atoms with Crippen molar-refractivity contribution in [3.63, 3.8) is 0 Å². The number of aromatic nitrogens is 3. The smallest absolute Gasteiger partial charge is 0.165 e. The topological polar surface area (TPSA) is 50.9 Å². The maximum absolute atomic E-state index is 9.08. The van der Waals surface area contributed by atoms with Crippen LogP contribution in [0, 0.1) is 13.8 Å². The first-order valence-electron chi connectivity index (χ1n) is 7.80. The number of aryl methyl sites for hydroxylation is 3. The Labute approximate surface area is 140 Å². The molecule has 5 heteroatoms. The summed E-state index contributed by atoms with van der Waals surface area (Å²) >= 11 is 6.51. The van der Waals surface area contributed by atoms with Crippen molar-refractivity contribution in [2.24, 2.45) is 0 Å². The van der Waals surface area contributed by atoms with E-state index in [4.69, 9.17) is 21.7 Å². The Morgan fingerprint density at radius 1 is 1.17 bits per heavy atom. The monoisotopic (exact) mass is 329 g/mol. The van der Waals surface area contributed by atoms with E-state index >= 15 is 0 Å². The Kier molecular flexibility index (Phi) is 4.37. The van der Waals surface area contributed by atoms with Gasteiger partial charge < -0.3 is 5.11 Å². The summed E-state index contributed by atoms with van der Waals surface area (Å²) in [5, 5.41) is 9.72. The molecule has 3 rings (SSSR count). The lowest BCUT2D eigenvalue weighted by Crippen LogP contribution is -2.03. The molecule has 23 heavy (non-hydrogen) atoms. The molecule has 0 amide bonds. The van der Waals surface area contributed by atoms with Crippen molar-refractivity contribution >= 4 is 22.8 Å². The molecular weight excluding hydrogens is 310 g/mol. The zero-order valence-corrected chi connectivity index (χ0v) is 14.4. The minimum Gasteiger partial charge on any atom is -0.396 e. The summed E-state index contributed by atoms with van der Waals surface area (Å²) < 4.78 is 2.04. The highest BCUT2D eigenvalue weighted by Gasteiger charge is 2.16. The molecule has 0 bridgehead atoms. The van der Waals surface area contributed by atoms with Crippen LogP contribution in [0.25, 0.3) is 16.9 Å². The second-order valence-electron chi connectivity index (χ2n) is 5.73. The third kappa shape index (κ3) is 2.84. The van der Waals surface area contributed by atoms with Gasteiger partial charge in [-0.25, -0.2) is 9.97 Å². The third-order valence-corrected chi connectivity index (χ3v) is 4.28. The number of rotatable bonds is 4. The summed E-state index contributed by atoms with van der Waals surface area (Å²) in [4.78, 5) is 9.43. The summed E-state index contributed by atoms with van der Waals surface area (Å²) in [5.74, 6) is 0.943. The molecule has 0 fully saturated rings. The van der Waals surface area contributed by atoms with Gasteiger partial charge in [0.1, 0.15) is 11.3 Å². The van der Waals surface area contributed by atoms with Gasteiger partial charge in [0.25, 0.3) is 0 Å². The Morgan fingerprint density at radius 3 is 2.61 bits per heavy atom. The fourth-order valence-corrected chi connectivity index (χ4v) is 3.20. The molecule has 0 atom stereocenters. The summed E-state index contributed by atoms with van der Waals surface area (Å²) in [5.41, 5.74) is 5.74. The van der Waals surface area contributed by atoms with Crippen LogP contribution >= 0.6 is 11.6 Å². The van der Waals surface area contributed by atoms with Crippen LogP contribution in [0.15, 0.2) is 24.3 Å². The van der Waals surface area contributed by atoms with Crippen molar-refractivity contribution in [1.29, 1.82) is 0 Å². The number of halogens is 1. The number of pyridine rings is 1. The maximum atomic E-state index is 9.08. The standard InChI is InChI=1S/C18H20ClN3O/c1-4-16-21-17-11(2)9-12(3)20-18(17)22(16)15-6-5-13(7-8-23)10-14(15)19/h5-6,9-10,23H,4,7-8H2,1-3H3. The highest BCUT2D eigenvalue weighted by Crippen LogP contribution is 2.29. The molecule has 0 unspecified atom stereocenters. The molecule has 1 aromatic carbocycles. The second kappa shape index (κ2) is 6.30. The SMILES string of the molecule is CCc1nc2c(C)cc(C)nc2n1-c1ccc(CCO)cc1Cl. The molecule has 120 valence electrons. The predicted molar refractivity (Wildman–Crippen MR) is 93.5 cm³/mol. The molecule has 0 radical (unpaired) electrons. The van der Waals surface area contributed by atoms with Crippen LogP contribution in [0.2, 0.25) is 5.02 Å². The van der Waals surface area contributed by atoms with E-state index in [1.165, 1.54) is 0 Å². The van der Waals surface area contributed by atoms with Crippen LogP contribution in [0.1, 0.15) is 29.6 Å². The van der Waals surface area contributed by atoms with Gasteiger partial charge in [0, 0.05) is 18.7 Å². The molecule has 0 aliphatic rings. The molecule has 0 saturated carbocycles. The highest BCUT2D eigenvalue weighted by molar-refractivity contribution is 6.32. The first-order chi connectivity index (χ1) is 11.0. The number of hydrogen-bond donors (Lipinski definition) is 1. The fraction of sp³-hybridized carbons (Fsp3) is 0.333. The Bertz CT molecular complexity index is 870. The zero-order chi connectivity index (χ0) is 16.6. The molecule has 4 nitrogen and oxygen atoms in total. The Morgan fingerprint density at radius 2 is 1.96 bits per heavy atom. The van der Waals surface area contributed by atoms with Crippen molar-refractivity contribution in [1.82, 2.24) is 14.5 Å². The van der Waals surface area contributed by atoms with Gasteiger partial charge in [0.15, 0.2) is 5.65 Å². The van der Waals surface area contributed by atoms with Crippen LogP contribution in [0.3, 0.4) is 0 Å². The van der Waals surface area contributed by atoms with Crippen molar-refractivity contribution in [3.8, 4) is 5.69 Å². The van der Waals surface area contributed by atoms with E-state index in [0.29, 0.717) is 11.4 Å². The molecule has 0 saturated heterocycles. The van der Waals surface area contributed by atoms with E-state index < -0.39 is 0 Å². The van der Waals surface area contributed by atoms with Gasteiger partial charge in [-0.2, -0.15) is 0 Å². The fourth-order valence-electron chi connectivity index (χ4n) is 2.91. The van der Waals surface area contributed by atoms with Gasteiger partial charge in [0.05, 0.1) is 10.7 Å². The molecule has 1 N–H and O–H groups in total. The van der Waals surface area contributed by atoms with Crippen LogP contribution in [-0.2, 0) is 12.8 Å². The molecule has 0 spiro atoms.